The van der Waals surface area contributed by atoms with Crippen LogP contribution in [0.5, 0.6) is 5.75 Å². The zero-order valence-electron chi connectivity index (χ0n) is 13.3. The number of carbonyl (C=O) groups excluding carboxylic acids is 1. The molecular formula is C18H17ClN2O2S. The topological polar surface area (TPSA) is 50.4 Å². The fraction of sp³-hybridized carbons (Fsp3) is 0.167. The number of carbonyl (C=O) groups is 1. The second-order valence-corrected chi connectivity index (χ2v) is 6.91. The first-order valence-electron chi connectivity index (χ1n) is 7.42. The summed E-state index contributed by atoms with van der Waals surface area (Å²) >= 11 is 7.42. The quantitative estimate of drug-likeness (QED) is 0.800. The number of hydrogen-bond donors (Lipinski definition) is 2. The molecule has 24 heavy (non-hydrogen) atoms. The van der Waals surface area contributed by atoms with E-state index in [0.29, 0.717) is 9.93 Å². The highest BCUT2D eigenvalue weighted by molar-refractivity contribution is 8.05. The highest BCUT2D eigenvalue weighted by atomic mass is 35.5. The fourth-order valence-corrected chi connectivity index (χ4v) is 3.62. The van der Waals surface area contributed by atoms with E-state index in [4.69, 9.17) is 16.3 Å². The minimum Gasteiger partial charge on any atom is -0.496 e. The molecule has 4 nitrogen and oxygen atoms in total. The molecule has 1 saturated heterocycles. The Labute approximate surface area is 150 Å². The van der Waals surface area contributed by atoms with Crippen molar-refractivity contribution in [3.8, 4) is 5.75 Å². The van der Waals surface area contributed by atoms with Gasteiger partial charge in [-0.1, -0.05) is 41.6 Å². The molecule has 1 unspecified atom stereocenters. The van der Waals surface area contributed by atoms with Crippen molar-refractivity contribution in [1.82, 2.24) is 5.32 Å². The van der Waals surface area contributed by atoms with Crippen molar-refractivity contribution < 1.29 is 9.53 Å². The molecule has 1 aliphatic rings. The van der Waals surface area contributed by atoms with Gasteiger partial charge in [-0.25, -0.2) is 0 Å². The number of methoxy groups -OCH3 is 1. The summed E-state index contributed by atoms with van der Waals surface area (Å²) in [7, 11) is 1.62. The zero-order chi connectivity index (χ0) is 17.1. The van der Waals surface area contributed by atoms with Crippen LogP contribution in [0.2, 0.25) is 5.02 Å². The van der Waals surface area contributed by atoms with Crippen LogP contribution in [0.15, 0.2) is 47.4 Å². The van der Waals surface area contributed by atoms with Crippen LogP contribution in [0.3, 0.4) is 0 Å². The first kappa shape index (κ1) is 16.7. The second-order valence-electron chi connectivity index (χ2n) is 5.33. The van der Waals surface area contributed by atoms with Gasteiger partial charge < -0.3 is 15.4 Å². The number of rotatable bonds is 4. The minimum absolute atomic E-state index is 0.102. The lowest BCUT2D eigenvalue weighted by atomic mass is 10.2. The molecule has 0 aliphatic carbocycles. The maximum Gasteiger partial charge on any atom is 0.260 e. The molecule has 0 radical (unpaired) electrons. The first-order valence-corrected chi connectivity index (χ1v) is 8.67. The number of nitrogens with one attached hydrogen (secondary N) is 2. The largest absolute Gasteiger partial charge is 0.496 e. The molecule has 1 fully saturated rings. The first-order chi connectivity index (χ1) is 11.6. The number of amides is 1. The Morgan fingerprint density at radius 2 is 2.08 bits per heavy atom. The van der Waals surface area contributed by atoms with Crippen LogP contribution < -0.4 is 15.4 Å². The van der Waals surface area contributed by atoms with Gasteiger partial charge in [-0.2, -0.15) is 0 Å². The predicted molar refractivity (Wildman–Crippen MR) is 100 cm³/mol. The summed E-state index contributed by atoms with van der Waals surface area (Å²) in [5, 5.41) is 6.93. The third-order valence-electron chi connectivity index (χ3n) is 3.63. The Hall–Kier alpha value is -2.11. The van der Waals surface area contributed by atoms with E-state index in [2.05, 4.69) is 10.6 Å². The minimum atomic E-state index is -0.224. The smallest absolute Gasteiger partial charge is 0.260 e. The standard InChI is InChI=1S/C18H17ClN2O2S/c1-11-9-13(19)7-8-14(11)20-18-21-17(22)16(24-18)10-12-5-3-4-6-15(12)23-2/h3-10,18,20H,1-2H3,(H,21,22)/b16-10-. The molecule has 1 atom stereocenters. The number of hydrogen-bond acceptors (Lipinski definition) is 4. The second kappa shape index (κ2) is 7.20. The number of thioether (sulfide) groups is 1. The summed E-state index contributed by atoms with van der Waals surface area (Å²) in [5.41, 5.74) is 2.62. The number of para-hydroxylation sites is 1. The van der Waals surface area contributed by atoms with Gasteiger partial charge in [0.2, 0.25) is 0 Å². The molecule has 124 valence electrons. The number of ether oxygens (including phenoxy) is 1. The van der Waals surface area contributed by atoms with E-state index in [1.807, 2.05) is 55.5 Å². The fourth-order valence-electron chi connectivity index (χ4n) is 2.42. The molecule has 1 amide bonds. The Balaban J connectivity index is 1.77. The van der Waals surface area contributed by atoms with Crippen LogP contribution in [0.1, 0.15) is 11.1 Å². The van der Waals surface area contributed by atoms with Crippen LogP contribution in [-0.2, 0) is 4.79 Å². The Bertz CT molecular complexity index is 807. The molecule has 1 aliphatic heterocycles. The van der Waals surface area contributed by atoms with E-state index >= 15 is 0 Å². The van der Waals surface area contributed by atoms with Crippen molar-refractivity contribution in [2.45, 2.75) is 12.4 Å². The van der Waals surface area contributed by atoms with Crippen molar-refractivity contribution in [3.63, 3.8) is 0 Å². The van der Waals surface area contributed by atoms with E-state index in [1.165, 1.54) is 11.8 Å². The molecule has 0 aromatic heterocycles. The zero-order valence-corrected chi connectivity index (χ0v) is 14.9. The van der Waals surface area contributed by atoms with Crippen LogP contribution in [-0.4, -0.2) is 18.5 Å². The summed E-state index contributed by atoms with van der Waals surface area (Å²) in [5.74, 6) is 0.637. The Morgan fingerprint density at radius 3 is 2.83 bits per heavy atom. The van der Waals surface area contributed by atoms with Gasteiger partial charge in [-0.05, 0) is 42.8 Å². The van der Waals surface area contributed by atoms with Crippen LogP contribution in [0.4, 0.5) is 5.69 Å². The van der Waals surface area contributed by atoms with Crippen molar-refractivity contribution >= 4 is 41.0 Å². The van der Waals surface area contributed by atoms with Crippen LogP contribution >= 0.6 is 23.4 Å². The van der Waals surface area contributed by atoms with Crippen LogP contribution in [0, 0.1) is 6.92 Å². The molecule has 6 heteroatoms. The van der Waals surface area contributed by atoms with Gasteiger partial charge in [0.05, 0.1) is 12.0 Å². The lowest BCUT2D eigenvalue weighted by Crippen LogP contribution is -2.31. The monoisotopic (exact) mass is 360 g/mol. The summed E-state index contributed by atoms with van der Waals surface area (Å²) in [6.07, 6.45) is 1.84. The highest BCUT2D eigenvalue weighted by Gasteiger charge is 2.27. The lowest BCUT2D eigenvalue weighted by molar-refractivity contribution is -0.116. The normalized spacial score (nSPS) is 18.5. The van der Waals surface area contributed by atoms with Gasteiger partial charge in [0, 0.05) is 16.3 Å². The van der Waals surface area contributed by atoms with Crippen molar-refractivity contribution in [2.24, 2.45) is 0 Å². The third-order valence-corrected chi connectivity index (χ3v) is 4.90. The van der Waals surface area contributed by atoms with E-state index in [-0.39, 0.29) is 11.4 Å². The SMILES string of the molecule is COc1ccccc1/C=C1\SC(Nc2ccc(Cl)cc2C)NC1=O. The number of halogens is 1. The van der Waals surface area contributed by atoms with E-state index in [1.54, 1.807) is 7.11 Å². The molecule has 0 spiro atoms. The molecular weight excluding hydrogens is 344 g/mol. The van der Waals surface area contributed by atoms with Gasteiger partial charge in [0.15, 0.2) is 5.50 Å². The third kappa shape index (κ3) is 3.68. The van der Waals surface area contributed by atoms with Crippen molar-refractivity contribution in [2.75, 3.05) is 12.4 Å². The molecule has 2 aromatic carbocycles. The molecule has 0 bridgehead atoms. The Morgan fingerprint density at radius 1 is 1.29 bits per heavy atom. The van der Waals surface area contributed by atoms with E-state index in [0.717, 1.165) is 22.6 Å². The predicted octanol–water partition coefficient (Wildman–Crippen LogP) is 4.26. The molecule has 3 rings (SSSR count). The van der Waals surface area contributed by atoms with Gasteiger partial charge in [-0.3, -0.25) is 4.79 Å². The van der Waals surface area contributed by atoms with Gasteiger partial charge in [-0.15, -0.1) is 0 Å². The van der Waals surface area contributed by atoms with Crippen molar-refractivity contribution in [3.05, 3.63) is 63.5 Å². The molecule has 1 heterocycles. The summed E-state index contributed by atoms with van der Waals surface area (Å²) < 4.78 is 5.33. The van der Waals surface area contributed by atoms with Gasteiger partial charge in [0.25, 0.3) is 5.91 Å². The summed E-state index contributed by atoms with van der Waals surface area (Å²) in [6.45, 7) is 1.97. The van der Waals surface area contributed by atoms with E-state index in [9.17, 15) is 4.79 Å². The maximum absolute atomic E-state index is 12.2. The van der Waals surface area contributed by atoms with Crippen molar-refractivity contribution in [1.29, 1.82) is 0 Å². The highest BCUT2D eigenvalue weighted by Crippen LogP contribution is 2.33. The summed E-state index contributed by atoms with van der Waals surface area (Å²) in [6, 6.07) is 13.2. The van der Waals surface area contributed by atoms with Gasteiger partial charge in [0.1, 0.15) is 5.75 Å². The maximum atomic E-state index is 12.2. The molecule has 2 aromatic rings. The molecule has 0 saturated carbocycles. The summed E-state index contributed by atoms with van der Waals surface area (Å²) in [4.78, 5) is 12.9. The number of benzene rings is 2. The number of aryl methyl sites for hydroxylation is 1. The average Bonchev–Trinajstić information content (AvgIpc) is 2.90. The molecule has 2 N–H and O–H groups in total. The Kier molecular flexibility index (Phi) is 5.02. The van der Waals surface area contributed by atoms with Crippen LogP contribution in [0.25, 0.3) is 6.08 Å². The average molecular weight is 361 g/mol. The number of anilines is 1. The van der Waals surface area contributed by atoms with E-state index < -0.39 is 0 Å². The lowest BCUT2D eigenvalue weighted by Gasteiger charge is -2.15. The van der Waals surface area contributed by atoms with Gasteiger partial charge >= 0.3 is 0 Å².